The lowest BCUT2D eigenvalue weighted by atomic mass is 9.96. The van der Waals surface area contributed by atoms with E-state index in [1.54, 1.807) is 12.3 Å². The van der Waals surface area contributed by atoms with Gasteiger partial charge in [-0.3, -0.25) is 9.48 Å². The number of nitrogens with one attached hydrogen (secondary N) is 1. The molecule has 4 heterocycles. The molecule has 0 aromatic carbocycles. The molecule has 0 atom stereocenters. The largest absolute Gasteiger partial charge is 0.477 e. The zero-order valence-corrected chi connectivity index (χ0v) is 25.5. The van der Waals surface area contributed by atoms with Crippen molar-refractivity contribution in [2.75, 3.05) is 18.1 Å². The van der Waals surface area contributed by atoms with Crippen molar-refractivity contribution in [1.82, 2.24) is 29.3 Å². The second-order valence-corrected chi connectivity index (χ2v) is 13.6. The van der Waals surface area contributed by atoms with Crippen LogP contribution in [0.3, 0.4) is 0 Å². The van der Waals surface area contributed by atoms with Crippen LogP contribution in [0.15, 0.2) is 41.7 Å². The molecule has 1 saturated heterocycles. The summed E-state index contributed by atoms with van der Waals surface area (Å²) in [6, 6.07) is 5.87. The Morgan fingerprint density at radius 2 is 1.84 bits per heavy atom. The second-order valence-electron chi connectivity index (χ2n) is 12.0. The van der Waals surface area contributed by atoms with Crippen LogP contribution in [0.4, 0.5) is 19.0 Å². The average molecular weight is 639 g/mol. The monoisotopic (exact) mass is 638 g/mol. The van der Waals surface area contributed by atoms with Gasteiger partial charge in [-0.25, -0.2) is 14.4 Å². The molecule has 1 aliphatic carbocycles. The molecule has 240 valence electrons. The quantitative estimate of drug-likeness (QED) is 0.295. The van der Waals surface area contributed by atoms with Gasteiger partial charge in [-0.15, -0.1) is 5.10 Å². The fourth-order valence-electron chi connectivity index (χ4n) is 5.53. The van der Waals surface area contributed by atoms with Crippen molar-refractivity contribution < 1.29 is 31.1 Å². The van der Waals surface area contributed by atoms with Crippen LogP contribution < -0.4 is 20.1 Å². The Labute approximate surface area is 253 Å². The van der Waals surface area contributed by atoms with Crippen molar-refractivity contribution in [3.8, 4) is 11.7 Å². The SMILES string of the molecule is CC1(C)CCCCCN1c1nc(-n2ccc(OCCCC3(C(F)(F)F)CC3)n2)ccc1C(=O)NS(=O)(=O)c1ccn(CN)n1. The molecule has 0 spiro atoms. The molecule has 0 radical (unpaired) electrons. The zero-order chi connectivity index (χ0) is 31.8. The predicted octanol–water partition coefficient (Wildman–Crippen LogP) is 4.16. The number of sulfonamides is 1. The van der Waals surface area contributed by atoms with Crippen molar-refractivity contribution in [3.05, 3.63) is 42.2 Å². The maximum Gasteiger partial charge on any atom is 0.394 e. The summed E-state index contributed by atoms with van der Waals surface area (Å²) in [5, 5.41) is 7.93. The van der Waals surface area contributed by atoms with Gasteiger partial charge >= 0.3 is 6.18 Å². The van der Waals surface area contributed by atoms with Crippen LogP contribution in [-0.2, 0) is 16.7 Å². The summed E-state index contributed by atoms with van der Waals surface area (Å²) in [6.07, 6.45) is 3.08. The number of hydrogen-bond donors (Lipinski definition) is 2. The molecular formula is C28H37F3N8O4S. The summed E-state index contributed by atoms with van der Waals surface area (Å²) < 4.78 is 75.9. The first-order valence-corrected chi connectivity index (χ1v) is 16.1. The summed E-state index contributed by atoms with van der Waals surface area (Å²) in [6.45, 7) is 4.77. The predicted molar refractivity (Wildman–Crippen MR) is 155 cm³/mol. The Morgan fingerprint density at radius 1 is 1.07 bits per heavy atom. The van der Waals surface area contributed by atoms with Gasteiger partial charge in [-0.05, 0) is 70.6 Å². The molecule has 44 heavy (non-hydrogen) atoms. The number of carbonyl (C=O) groups is 1. The van der Waals surface area contributed by atoms with Gasteiger partial charge in [0.05, 0.1) is 24.3 Å². The normalized spacial score (nSPS) is 18.1. The summed E-state index contributed by atoms with van der Waals surface area (Å²) in [4.78, 5) is 20.3. The van der Waals surface area contributed by atoms with Gasteiger partial charge in [0, 0.05) is 30.5 Å². The smallest absolute Gasteiger partial charge is 0.394 e. The minimum absolute atomic E-state index is 0.0158. The lowest BCUT2D eigenvalue weighted by molar-refractivity contribution is -0.189. The van der Waals surface area contributed by atoms with E-state index in [0.717, 1.165) is 25.7 Å². The number of anilines is 1. The highest BCUT2D eigenvalue weighted by Crippen LogP contribution is 2.60. The van der Waals surface area contributed by atoms with E-state index in [9.17, 15) is 26.4 Å². The highest BCUT2D eigenvalue weighted by molar-refractivity contribution is 7.90. The Kier molecular flexibility index (Phi) is 8.68. The Hall–Kier alpha value is -3.66. The van der Waals surface area contributed by atoms with Crippen molar-refractivity contribution in [1.29, 1.82) is 0 Å². The summed E-state index contributed by atoms with van der Waals surface area (Å²) >= 11 is 0. The van der Waals surface area contributed by atoms with Gasteiger partial charge in [-0.2, -0.15) is 26.7 Å². The molecule has 12 nitrogen and oxygen atoms in total. The molecule has 3 N–H and O–H groups in total. The van der Waals surface area contributed by atoms with E-state index in [4.69, 9.17) is 15.5 Å². The third-order valence-corrected chi connectivity index (χ3v) is 9.59. The van der Waals surface area contributed by atoms with Gasteiger partial charge in [0.15, 0.2) is 10.8 Å². The van der Waals surface area contributed by atoms with Crippen LogP contribution in [0.2, 0.25) is 0 Å². The molecular weight excluding hydrogens is 601 g/mol. The molecule has 16 heteroatoms. The highest BCUT2D eigenvalue weighted by atomic mass is 32.2. The molecule has 0 bridgehead atoms. The van der Waals surface area contributed by atoms with E-state index in [2.05, 4.69) is 28.8 Å². The topological polar surface area (TPSA) is 150 Å². The third-order valence-electron chi connectivity index (χ3n) is 8.37. The van der Waals surface area contributed by atoms with Crippen LogP contribution in [0, 0.1) is 5.41 Å². The number of pyridine rings is 1. The number of carbonyl (C=O) groups excluding carboxylic acids is 1. The van der Waals surface area contributed by atoms with Crippen LogP contribution in [0.5, 0.6) is 5.88 Å². The van der Waals surface area contributed by atoms with Gasteiger partial charge in [0.25, 0.3) is 15.9 Å². The third kappa shape index (κ3) is 6.70. The average Bonchev–Trinajstić information content (AvgIpc) is 3.42. The minimum Gasteiger partial charge on any atom is -0.477 e. The number of halogens is 3. The zero-order valence-electron chi connectivity index (χ0n) is 24.7. The first kappa shape index (κ1) is 31.8. The van der Waals surface area contributed by atoms with Crippen LogP contribution in [-0.4, -0.2) is 63.7 Å². The van der Waals surface area contributed by atoms with Crippen molar-refractivity contribution in [3.63, 3.8) is 0 Å². The van der Waals surface area contributed by atoms with Crippen molar-refractivity contribution in [2.24, 2.45) is 11.1 Å². The van der Waals surface area contributed by atoms with Crippen molar-refractivity contribution >= 4 is 21.7 Å². The molecule has 5 rings (SSSR count). The Bertz CT molecular complexity index is 1600. The summed E-state index contributed by atoms with van der Waals surface area (Å²) in [7, 11) is -4.29. The van der Waals surface area contributed by atoms with E-state index in [0.29, 0.717) is 18.2 Å². The van der Waals surface area contributed by atoms with E-state index in [1.165, 1.54) is 33.8 Å². The maximum absolute atomic E-state index is 13.5. The number of rotatable bonds is 11. The lowest BCUT2D eigenvalue weighted by Crippen LogP contribution is -2.45. The van der Waals surface area contributed by atoms with E-state index < -0.39 is 27.5 Å². The maximum atomic E-state index is 13.5. The molecule has 3 aromatic rings. The minimum atomic E-state index is -4.29. The van der Waals surface area contributed by atoms with Gasteiger partial charge in [0.2, 0.25) is 5.88 Å². The fraction of sp³-hybridized carbons (Fsp3) is 0.571. The number of aromatic nitrogens is 5. The van der Waals surface area contributed by atoms with E-state index in [-0.39, 0.29) is 61.0 Å². The summed E-state index contributed by atoms with van der Waals surface area (Å²) in [5.74, 6) is 0.0164. The molecule has 1 aliphatic heterocycles. The van der Waals surface area contributed by atoms with Crippen molar-refractivity contribution in [2.45, 2.75) is 88.6 Å². The molecule has 0 unspecified atom stereocenters. The number of nitrogens with zero attached hydrogens (tertiary/aromatic N) is 6. The van der Waals surface area contributed by atoms with Crippen LogP contribution in [0.25, 0.3) is 5.82 Å². The number of nitrogens with two attached hydrogens (primary N) is 1. The highest BCUT2D eigenvalue weighted by Gasteiger charge is 2.62. The molecule has 2 fully saturated rings. The Morgan fingerprint density at radius 3 is 2.52 bits per heavy atom. The van der Waals surface area contributed by atoms with Crippen LogP contribution >= 0.6 is 0 Å². The summed E-state index contributed by atoms with van der Waals surface area (Å²) in [5.41, 5.74) is 3.62. The van der Waals surface area contributed by atoms with E-state index >= 15 is 0 Å². The van der Waals surface area contributed by atoms with E-state index in [1.807, 2.05) is 4.90 Å². The number of alkyl halides is 3. The number of ether oxygens (including phenoxy) is 1. The molecule has 2 aliphatic rings. The standard InChI is InChI=1S/C28H37F3N8O4S/c1-26(2)11-4-3-5-15-38(26)24-20(25(40)36-44(41,42)23-10-16-37(19-32)35-23)7-8-21(33-24)39-17-9-22(34-39)43-18-6-12-27(13-14-27)28(29,30)31/h7-10,16-17H,3-6,11-15,18-19,32H2,1-2H3,(H,36,40). The number of amides is 1. The molecule has 1 amide bonds. The first-order valence-electron chi connectivity index (χ1n) is 14.6. The van der Waals surface area contributed by atoms with Crippen LogP contribution in [0.1, 0.15) is 75.6 Å². The molecule has 3 aromatic heterocycles. The van der Waals surface area contributed by atoms with Gasteiger partial charge in [0.1, 0.15) is 5.82 Å². The fourth-order valence-corrected chi connectivity index (χ4v) is 6.44. The first-order chi connectivity index (χ1) is 20.7. The molecule has 1 saturated carbocycles. The lowest BCUT2D eigenvalue weighted by Gasteiger charge is -2.39. The number of hydrogen-bond acceptors (Lipinski definition) is 9. The Balaban J connectivity index is 1.37. The van der Waals surface area contributed by atoms with Gasteiger partial charge in [-0.1, -0.05) is 12.8 Å². The second kappa shape index (κ2) is 12.0. The van der Waals surface area contributed by atoms with Gasteiger partial charge < -0.3 is 15.4 Å².